The summed E-state index contributed by atoms with van der Waals surface area (Å²) in [6, 6.07) is 8.72. The third-order valence-electron chi connectivity index (χ3n) is 5.84. The van der Waals surface area contributed by atoms with Gasteiger partial charge in [-0.2, -0.15) is 0 Å². The summed E-state index contributed by atoms with van der Waals surface area (Å²) < 4.78 is 21.6. The molecule has 1 aliphatic heterocycles. The van der Waals surface area contributed by atoms with E-state index in [0.29, 0.717) is 39.7 Å². The van der Waals surface area contributed by atoms with Crippen LogP contribution in [0.5, 0.6) is 23.0 Å². The van der Waals surface area contributed by atoms with E-state index in [9.17, 15) is 9.90 Å². The van der Waals surface area contributed by atoms with Crippen LogP contribution in [0.2, 0.25) is 0 Å². The number of hydrogen-bond acceptors (Lipinski definition) is 6. The lowest BCUT2D eigenvalue weighted by atomic mass is 9.64. The van der Waals surface area contributed by atoms with Crippen LogP contribution in [0.25, 0.3) is 0 Å². The smallest absolute Gasteiger partial charge is 0.231 e. The molecule has 3 atom stereocenters. The number of ether oxygens (including phenoxy) is 4. The molecule has 6 nitrogen and oxygen atoms in total. The van der Waals surface area contributed by atoms with E-state index in [2.05, 4.69) is 0 Å². The minimum Gasteiger partial charge on any atom is -0.493 e. The molecule has 0 saturated heterocycles. The highest BCUT2D eigenvalue weighted by atomic mass is 16.7. The monoisotopic (exact) mass is 370 g/mol. The number of ketones is 1. The average molecular weight is 370 g/mol. The second kappa shape index (κ2) is 6.16. The standard InChI is InChI=1S/C21H22O6/c1-11-12(2)21(23,13-5-6-16-19(7-13)27-10-26-16)15-9-18(25-4)17(24-3)8-14(15)20(11)22/h5-9,11-12,23H,10H2,1-4H3. The molecular formula is C21H22O6. The van der Waals surface area contributed by atoms with Crippen molar-refractivity contribution in [3.8, 4) is 23.0 Å². The summed E-state index contributed by atoms with van der Waals surface area (Å²) in [5.41, 5.74) is 0.212. The number of carbonyl (C=O) groups is 1. The molecule has 4 rings (SSSR count). The molecular weight excluding hydrogens is 348 g/mol. The maximum atomic E-state index is 12.9. The third-order valence-corrected chi connectivity index (χ3v) is 5.84. The lowest BCUT2D eigenvalue weighted by Crippen LogP contribution is -2.46. The molecule has 0 bridgehead atoms. The fourth-order valence-corrected chi connectivity index (χ4v) is 4.03. The highest BCUT2D eigenvalue weighted by Crippen LogP contribution is 2.50. The summed E-state index contributed by atoms with van der Waals surface area (Å²) in [6.45, 7) is 3.88. The topological polar surface area (TPSA) is 74.2 Å². The van der Waals surface area contributed by atoms with Crippen molar-refractivity contribution in [1.82, 2.24) is 0 Å². The van der Waals surface area contributed by atoms with Crippen molar-refractivity contribution >= 4 is 5.78 Å². The van der Waals surface area contributed by atoms with Crippen LogP contribution < -0.4 is 18.9 Å². The first kappa shape index (κ1) is 17.7. The van der Waals surface area contributed by atoms with Gasteiger partial charge in [0.1, 0.15) is 5.60 Å². The second-order valence-electron chi connectivity index (χ2n) is 7.03. The number of carbonyl (C=O) groups excluding carboxylic acids is 1. The normalized spacial score (nSPS) is 25.9. The van der Waals surface area contributed by atoms with Crippen LogP contribution >= 0.6 is 0 Å². The molecule has 0 saturated carbocycles. The van der Waals surface area contributed by atoms with Gasteiger partial charge in [-0.05, 0) is 29.8 Å². The molecule has 2 aromatic carbocycles. The van der Waals surface area contributed by atoms with E-state index >= 15 is 0 Å². The molecule has 2 aromatic rings. The number of methoxy groups -OCH3 is 2. The first-order chi connectivity index (χ1) is 12.9. The fraction of sp³-hybridized carbons (Fsp3) is 0.381. The van der Waals surface area contributed by atoms with E-state index in [1.54, 1.807) is 24.3 Å². The van der Waals surface area contributed by atoms with E-state index in [-0.39, 0.29) is 24.4 Å². The van der Waals surface area contributed by atoms with Gasteiger partial charge >= 0.3 is 0 Å². The molecule has 0 fully saturated rings. The van der Waals surface area contributed by atoms with Gasteiger partial charge in [-0.3, -0.25) is 4.79 Å². The Kier molecular flexibility index (Phi) is 4.03. The number of Topliss-reactive ketones (excluding diaryl/α,β-unsaturated/α-hetero) is 1. The van der Waals surface area contributed by atoms with Crippen LogP contribution in [-0.4, -0.2) is 31.9 Å². The molecule has 1 heterocycles. The molecule has 0 radical (unpaired) electrons. The summed E-state index contributed by atoms with van der Waals surface area (Å²) in [5.74, 6) is 1.40. The largest absolute Gasteiger partial charge is 0.493 e. The van der Waals surface area contributed by atoms with Crippen molar-refractivity contribution in [3.63, 3.8) is 0 Å². The maximum absolute atomic E-state index is 12.9. The number of aliphatic hydroxyl groups is 1. The predicted octanol–water partition coefficient (Wildman–Crippen LogP) is 3.14. The van der Waals surface area contributed by atoms with Crippen molar-refractivity contribution in [2.75, 3.05) is 21.0 Å². The van der Waals surface area contributed by atoms with Crippen molar-refractivity contribution in [2.45, 2.75) is 19.4 Å². The van der Waals surface area contributed by atoms with Crippen molar-refractivity contribution in [2.24, 2.45) is 11.8 Å². The molecule has 1 aliphatic carbocycles. The maximum Gasteiger partial charge on any atom is 0.231 e. The van der Waals surface area contributed by atoms with Gasteiger partial charge in [-0.1, -0.05) is 19.9 Å². The van der Waals surface area contributed by atoms with E-state index in [4.69, 9.17) is 18.9 Å². The Bertz CT molecular complexity index is 921. The molecule has 2 aliphatic rings. The minimum absolute atomic E-state index is 0.0242. The van der Waals surface area contributed by atoms with Crippen molar-refractivity contribution in [3.05, 3.63) is 47.0 Å². The molecule has 0 spiro atoms. The first-order valence-corrected chi connectivity index (χ1v) is 8.85. The quantitative estimate of drug-likeness (QED) is 0.895. The fourth-order valence-electron chi connectivity index (χ4n) is 4.03. The van der Waals surface area contributed by atoms with Gasteiger partial charge < -0.3 is 24.1 Å². The van der Waals surface area contributed by atoms with Crippen LogP contribution in [0.1, 0.15) is 35.3 Å². The lowest BCUT2D eigenvalue weighted by molar-refractivity contribution is -0.00540. The highest BCUT2D eigenvalue weighted by Gasteiger charge is 2.49. The van der Waals surface area contributed by atoms with Crippen molar-refractivity contribution < 1.29 is 28.8 Å². The Morgan fingerprint density at radius 2 is 1.70 bits per heavy atom. The molecule has 1 N–H and O–H groups in total. The predicted molar refractivity (Wildman–Crippen MR) is 97.8 cm³/mol. The average Bonchev–Trinajstić information content (AvgIpc) is 3.17. The van der Waals surface area contributed by atoms with Gasteiger partial charge in [-0.25, -0.2) is 0 Å². The van der Waals surface area contributed by atoms with Crippen LogP contribution in [0.15, 0.2) is 30.3 Å². The van der Waals surface area contributed by atoms with Gasteiger partial charge in [0.25, 0.3) is 0 Å². The summed E-state index contributed by atoms with van der Waals surface area (Å²) >= 11 is 0. The summed E-state index contributed by atoms with van der Waals surface area (Å²) in [5, 5.41) is 11.9. The van der Waals surface area contributed by atoms with Gasteiger partial charge in [0.05, 0.1) is 14.2 Å². The second-order valence-corrected chi connectivity index (χ2v) is 7.03. The molecule has 0 amide bonds. The molecule has 142 valence electrons. The number of benzene rings is 2. The Labute approximate surface area is 157 Å². The van der Waals surface area contributed by atoms with Gasteiger partial charge in [0.15, 0.2) is 28.8 Å². The van der Waals surface area contributed by atoms with Crippen LogP contribution in [0.3, 0.4) is 0 Å². The van der Waals surface area contributed by atoms with Gasteiger partial charge in [0, 0.05) is 23.0 Å². The SMILES string of the molecule is COc1cc2c(cc1OC)C(O)(c1ccc3c(c1)OCO3)C(C)C(C)C2=O. The zero-order chi connectivity index (χ0) is 19.3. The van der Waals surface area contributed by atoms with E-state index in [1.807, 2.05) is 19.9 Å². The summed E-state index contributed by atoms with van der Waals surface area (Å²) in [4.78, 5) is 12.9. The lowest BCUT2D eigenvalue weighted by Gasteiger charge is -2.43. The minimum atomic E-state index is -1.39. The number of rotatable bonds is 3. The highest BCUT2D eigenvalue weighted by molar-refractivity contribution is 6.02. The van der Waals surface area contributed by atoms with Crippen LogP contribution in [-0.2, 0) is 5.60 Å². The Hall–Kier alpha value is -2.73. The number of hydrogen-bond donors (Lipinski definition) is 1. The van der Waals surface area contributed by atoms with E-state index < -0.39 is 5.60 Å². The zero-order valence-electron chi connectivity index (χ0n) is 15.7. The van der Waals surface area contributed by atoms with E-state index in [0.717, 1.165) is 0 Å². The molecule has 27 heavy (non-hydrogen) atoms. The summed E-state index contributed by atoms with van der Waals surface area (Å²) in [6.07, 6.45) is 0. The zero-order valence-corrected chi connectivity index (χ0v) is 15.7. The van der Waals surface area contributed by atoms with Crippen LogP contribution in [0, 0.1) is 11.8 Å². The third kappa shape index (κ3) is 2.40. The molecule has 6 heteroatoms. The molecule has 3 unspecified atom stereocenters. The Morgan fingerprint density at radius 3 is 2.41 bits per heavy atom. The Morgan fingerprint density at radius 1 is 1.04 bits per heavy atom. The van der Waals surface area contributed by atoms with Crippen molar-refractivity contribution in [1.29, 1.82) is 0 Å². The molecule has 0 aromatic heterocycles. The first-order valence-electron chi connectivity index (χ1n) is 8.85. The van der Waals surface area contributed by atoms with E-state index in [1.165, 1.54) is 14.2 Å². The van der Waals surface area contributed by atoms with Gasteiger partial charge in [0.2, 0.25) is 6.79 Å². The Balaban J connectivity index is 1.97. The van der Waals surface area contributed by atoms with Crippen LogP contribution in [0.4, 0.5) is 0 Å². The summed E-state index contributed by atoms with van der Waals surface area (Å²) in [7, 11) is 3.05. The number of fused-ring (bicyclic) bond motifs is 2. The van der Waals surface area contributed by atoms with Gasteiger partial charge in [-0.15, -0.1) is 0 Å².